The van der Waals surface area contributed by atoms with Gasteiger partial charge in [-0.05, 0) is 79.9 Å². The number of benzene rings is 3. The Bertz CT molecular complexity index is 1480. The molecule has 9 heteroatoms. The molecule has 0 radical (unpaired) electrons. The number of carbonyl (C=O) groups excluding carboxylic acids is 4. The quantitative estimate of drug-likeness (QED) is 0.196. The van der Waals surface area contributed by atoms with Crippen LogP contribution in [0.1, 0.15) is 51.6 Å². The van der Waals surface area contributed by atoms with Crippen molar-refractivity contribution in [3.63, 3.8) is 0 Å². The first-order valence-electron chi connectivity index (χ1n) is 12.5. The number of nitrogens with zero attached hydrogens (tertiary/aromatic N) is 1. The summed E-state index contributed by atoms with van der Waals surface area (Å²) in [5.74, 6) is -2.20. The molecule has 0 saturated carbocycles. The fraction of sp³-hybridized carbons (Fsp3) is 0.200. The van der Waals surface area contributed by atoms with E-state index in [0.29, 0.717) is 11.3 Å². The van der Waals surface area contributed by atoms with Crippen molar-refractivity contribution in [3.8, 4) is 0 Å². The molecule has 1 aliphatic heterocycles. The van der Waals surface area contributed by atoms with Gasteiger partial charge in [0, 0.05) is 16.9 Å². The van der Waals surface area contributed by atoms with Crippen LogP contribution in [0.5, 0.6) is 0 Å². The smallest absolute Gasteiger partial charge is 0.338 e. The van der Waals surface area contributed by atoms with Crippen LogP contribution in [0.25, 0.3) is 0 Å². The molecule has 0 aromatic heterocycles. The van der Waals surface area contributed by atoms with Crippen LogP contribution in [0.4, 0.5) is 17.1 Å². The third-order valence-electron chi connectivity index (χ3n) is 6.16. The highest BCUT2D eigenvalue weighted by Crippen LogP contribution is 2.31. The van der Waals surface area contributed by atoms with Crippen LogP contribution >= 0.6 is 11.6 Å². The van der Waals surface area contributed by atoms with Gasteiger partial charge in [0.05, 0.1) is 17.9 Å². The second-order valence-corrected chi connectivity index (χ2v) is 9.53. The number of esters is 1. The van der Waals surface area contributed by atoms with E-state index in [0.717, 1.165) is 34.6 Å². The summed E-state index contributed by atoms with van der Waals surface area (Å²) in [7, 11) is 0. The SMILES string of the molecule is CCCCOC(=O)c1cccc(N2C(=O)C(Cl)=C(Nc3ccc(C(=O)Nc4cc(C)ccc4C)cc3)C2=O)c1. The second-order valence-electron chi connectivity index (χ2n) is 9.15. The van der Waals surface area contributed by atoms with Crippen LogP contribution in [-0.2, 0) is 14.3 Å². The maximum Gasteiger partial charge on any atom is 0.338 e. The third kappa shape index (κ3) is 6.18. The zero-order valence-corrected chi connectivity index (χ0v) is 22.6. The largest absolute Gasteiger partial charge is 0.462 e. The minimum absolute atomic E-state index is 0.106. The summed E-state index contributed by atoms with van der Waals surface area (Å²) in [4.78, 5) is 52.0. The number of nitrogens with one attached hydrogen (secondary N) is 2. The summed E-state index contributed by atoms with van der Waals surface area (Å²) in [6.07, 6.45) is 1.62. The summed E-state index contributed by atoms with van der Waals surface area (Å²) in [5, 5.41) is 5.50. The lowest BCUT2D eigenvalue weighted by Gasteiger charge is -2.16. The average molecular weight is 546 g/mol. The molecule has 3 aromatic carbocycles. The number of amides is 3. The van der Waals surface area contributed by atoms with Crippen LogP contribution in [0.3, 0.4) is 0 Å². The van der Waals surface area contributed by atoms with Crippen molar-refractivity contribution in [2.45, 2.75) is 33.6 Å². The minimum atomic E-state index is -0.717. The zero-order valence-electron chi connectivity index (χ0n) is 21.8. The number of halogens is 1. The maximum atomic E-state index is 13.2. The Morgan fingerprint density at radius 3 is 2.38 bits per heavy atom. The summed E-state index contributed by atoms with van der Waals surface area (Å²) < 4.78 is 5.23. The Hall–Kier alpha value is -4.43. The van der Waals surface area contributed by atoms with Crippen molar-refractivity contribution < 1.29 is 23.9 Å². The first-order valence-corrected chi connectivity index (χ1v) is 12.9. The van der Waals surface area contributed by atoms with Gasteiger partial charge in [-0.1, -0.05) is 43.1 Å². The van der Waals surface area contributed by atoms with Crippen LogP contribution in [0, 0.1) is 13.8 Å². The van der Waals surface area contributed by atoms with E-state index in [9.17, 15) is 19.2 Å². The number of unbranched alkanes of at least 4 members (excludes halogenated alkanes) is 1. The van der Waals surface area contributed by atoms with Gasteiger partial charge < -0.3 is 15.4 Å². The fourth-order valence-corrected chi connectivity index (χ4v) is 4.14. The van der Waals surface area contributed by atoms with Gasteiger partial charge in [-0.2, -0.15) is 0 Å². The summed E-state index contributed by atoms with van der Waals surface area (Å²) >= 11 is 6.25. The Labute approximate surface area is 231 Å². The van der Waals surface area contributed by atoms with E-state index in [1.165, 1.54) is 12.1 Å². The second kappa shape index (κ2) is 12.0. The normalized spacial score (nSPS) is 13.1. The Balaban J connectivity index is 1.46. The number of hydrogen-bond acceptors (Lipinski definition) is 6. The molecule has 0 saturated heterocycles. The predicted molar refractivity (Wildman–Crippen MR) is 151 cm³/mol. The lowest BCUT2D eigenvalue weighted by molar-refractivity contribution is -0.120. The molecular weight excluding hydrogens is 518 g/mol. The third-order valence-corrected chi connectivity index (χ3v) is 6.51. The van der Waals surface area contributed by atoms with Crippen molar-refractivity contribution in [3.05, 3.63) is 99.7 Å². The summed E-state index contributed by atoms with van der Waals surface area (Å²) in [5.41, 5.74) is 3.89. The fourth-order valence-electron chi connectivity index (χ4n) is 3.92. The van der Waals surface area contributed by atoms with Crippen molar-refractivity contribution in [2.75, 3.05) is 22.1 Å². The van der Waals surface area contributed by atoms with Gasteiger partial charge in [-0.25, -0.2) is 9.69 Å². The van der Waals surface area contributed by atoms with E-state index in [1.807, 2.05) is 39.0 Å². The topological polar surface area (TPSA) is 105 Å². The molecule has 0 unspecified atom stereocenters. The van der Waals surface area contributed by atoms with Crippen LogP contribution in [-0.4, -0.2) is 30.3 Å². The maximum absolute atomic E-state index is 13.2. The van der Waals surface area contributed by atoms with Gasteiger partial charge in [0.2, 0.25) is 0 Å². The number of carbonyl (C=O) groups is 4. The summed E-state index contributed by atoms with van der Waals surface area (Å²) in [6.45, 7) is 6.14. The molecule has 2 N–H and O–H groups in total. The Morgan fingerprint density at radius 2 is 1.67 bits per heavy atom. The molecule has 1 heterocycles. The molecule has 0 atom stereocenters. The monoisotopic (exact) mass is 545 g/mol. The first-order chi connectivity index (χ1) is 18.7. The van der Waals surface area contributed by atoms with Crippen LogP contribution in [0.15, 0.2) is 77.5 Å². The molecule has 3 amide bonds. The van der Waals surface area contributed by atoms with Crippen LogP contribution < -0.4 is 15.5 Å². The van der Waals surface area contributed by atoms with Crippen LogP contribution in [0.2, 0.25) is 0 Å². The summed E-state index contributed by atoms with van der Waals surface area (Å²) in [6, 6.07) is 18.3. The number of hydrogen-bond donors (Lipinski definition) is 2. The van der Waals surface area contributed by atoms with E-state index in [-0.39, 0.29) is 34.5 Å². The van der Waals surface area contributed by atoms with E-state index in [2.05, 4.69) is 10.6 Å². The molecular formula is C30H28ClN3O5. The van der Waals surface area contributed by atoms with E-state index < -0.39 is 17.8 Å². The minimum Gasteiger partial charge on any atom is -0.462 e. The molecule has 8 nitrogen and oxygen atoms in total. The molecule has 4 rings (SSSR count). The number of ether oxygens (including phenoxy) is 1. The van der Waals surface area contributed by atoms with Gasteiger partial charge in [-0.15, -0.1) is 0 Å². The molecule has 3 aromatic rings. The van der Waals surface area contributed by atoms with E-state index in [4.69, 9.17) is 16.3 Å². The number of anilines is 3. The van der Waals surface area contributed by atoms with Crippen molar-refractivity contribution in [1.29, 1.82) is 0 Å². The number of rotatable bonds is 9. The van der Waals surface area contributed by atoms with Crippen molar-refractivity contribution in [1.82, 2.24) is 0 Å². The van der Waals surface area contributed by atoms with Crippen molar-refractivity contribution in [2.24, 2.45) is 0 Å². The molecule has 0 fully saturated rings. The van der Waals surface area contributed by atoms with Gasteiger partial charge in [0.25, 0.3) is 17.7 Å². The molecule has 0 bridgehead atoms. The highest BCUT2D eigenvalue weighted by atomic mass is 35.5. The Morgan fingerprint density at radius 1 is 0.923 bits per heavy atom. The first kappa shape index (κ1) is 27.6. The lowest BCUT2D eigenvalue weighted by atomic mass is 10.1. The Kier molecular flexibility index (Phi) is 8.46. The molecule has 200 valence electrons. The molecule has 1 aliphatic rings. The zero-order chi connectivity index (χ0) is 28.1. The van der Waals surface area contributed by atoms with Gasteiger partial charge >= 0.3 is 5.97 Å². The molecule has 0 aliphatic carbocycles. The predicted octanol–water partition coefficient (Wildman–Crippen LogP) is 5.95. The highest BCUT2D eigenvalue weighted by Gasteiger charge is 2.39. The van der Waals surface area contributed by atoms with Gasteiger partial charge in [0.1, 0.15) is 10.7 Å². The average Bonchev–Trinajstić information content (AvgIpc) is 3.14. The standard InChI is InChI=1S/C30H28ClN3O5/c1-4-5-15-39-30(38)21-7-6-8-23(17-21)34-28(36)25(31)26(29(34)37)32-22-13-11-20(12-14-22)27(35)33-24-16-18(2)9-10-19(24)3/h6-14,16-17,32H,4-5,15H2,1-3H3,(H,33,35). The van der Waals surface area contributed by atoms with Gasteiger partial charge in [-0.3, -0.25) is 14.4 Å². The number of aryl methyl sites for hydroxylation is 2. The van der Waals surface area contributed by atoms with Crippen molar-refractivity contribution >= 4 is 52.4 Å². The van der Waals surface area contributed by atoms with Gasteiger partial charge in [0.15, 0.2) is 0 Å². The van der Waals surface area contributed by atoms with E-state index in [1.54, 1.807) is 36.4 Å². The molecule has 0 spiro atoms. The molecule has 39 heavy (non-hydrogen) atoms. The van der Waals surface area contributed by atoms with E-state index >= 15 is 0 Å². The lowest BCUT2D eigenvalue weighted by Crippen LogP contribution is -2.32. The highest BCUT2D eigenvalue weighted by molar-refractivity contribution is 6.53. The number of imide groups is 1.